The number of carbonyl (C=O) groups is 2. The smallest absolute Gasteiger partial charge is 0.306 e. The Balaban J connectivity index is 1.53. The Labute approximate surface area is 194 Å². The normalized spacial score (nSPS) is 14.9. The first kappa shape index (κ1) is 24.4. The molecule has 3 N–H and O–H groups in total. The summed E-state index contributed by atoms with van der Waals surface area (Å²) in [5, 5.41) is 9.21. The third-order valence-corrected chi connectivity index (χ3v) is 5.50. The molecule has 0 aliphatic carbocycles. The van der Waals surface area contributed by atoms with Crippen LogP contribution in [-0.2, 0) is 20.9 Å². The van der Waals surface area contributed by atoms with E-state index in [2.05, 4.69) is 33.8 Å². The number of anilines is 1. The molecule has 176 valence electrons. The van der Waals surface area contributed by atoms with Crippen LogP contribution in [0.1, 0.15) is 43.2 Å². The zero-order valence-electron chi connectivity index (χ0n) is 18.7. The number of furan rings is 1. The van der Waals surface area contributed by atoms with E-state index in [0.717, 1.165) is 26.2 Å². The fourth-order valence-corrected chi connectivity index (χ4v) is 3.77. The van der Waals surface area contributed by atoms with Crippen LogP contribution >= 0.6 is 0 Å². The van der Waals surface area contributed by atoms with Gasteiger partial charge < -0.3 is 24.9 Å². The molecule has 1 saturated heterocycles. The average molecular weight is 454 g/mol. The molecular weight excluding hydrogens is 422 g/mol. The van der Waals surface area contributed by atoms with Gasteiger partial charge in [-0.15, -0.1) is 0 Å². The lowest BCUT2D eigenvalue weighted by atomic mass is 10.1. The van der Waals surface area contributed by atoms with Gasteiger partial charge in [-0.25, -0.2) is 0 Å². The van der Waals surface area contributed by atoms with Crippen molar-refractivity contribution < 1.29 is 23.8 Å². The summed E-state index contributed by atoms with van der Waals surface area (Å²) in [6.07, 6.45) is 1.62. The molecule has 0 spiro atoms. The number of aliphatic hydroxyl groups excluding tert-OH is 1. The van der Waals surface area contributed by atoms with E-state index < -0.39 is 0 Å². The van der Waals surface area contributed by atoms with Gasteiger partial charge in [-0.2, -0.15) is 0 Å². The van der Waals surface area contributed by atoms with Gasteiger partial charge in [-0.1, -0.05) is 30.0 Å². The van der Waals surface area contributed by atoms with E-state index in [1.165, 1.54) is 5.69 Å². The zero-order chi connectivity index (χ0) is 23.5. The first-order valence-electron chi connectivity index (χ1n) is 11.2. The van der Waals surface area contributed by atoms with Gasteiger partial charge in [-0.3, -0.25) is 14.5 Å². The summed E-state index contributed by atoms with van der Waals surface area (Å²) in [6, 6.07) is 13.6. The molecule has 3 rings (SSSR count). The molecule has 1 aromatic carbocycles. The Hall–Kier alpha value is -3.28. The second-order valence-corrected chi connectivity index (χ2v) is 7.88. The second kappa shape index (κ2) is 12.7. The molecule has 0 saturated carbocycles. The number of aliphatic hydroxyl groups is 1. The van der Waals surface area contributed by atoms with Crippen LogP contribution in [0.2, 0.25) is 0 Å². The fourth-order valence-electron chi connectivity index (χ4n) is 3.77. The molecule has 33 heavy (non-hydrogen) atoms. The summed E-state index contributed by atoms with van der Waals surface area (Å²) < 4.78 is 11.2. The van der Waals surface area contributed by atoms with Gasteiger partial charge >= 0.3 is 5.97 Å². The molecule has 2 heterocycles. The Bertz CT molecular complexity index is 955. The first-order chi connectivity index (χ1) is 16.1. The summed E-state index contributed by atoms with van der Waals surface area (Å²) in [5.41, 5.74) is 6.29. The lowest BCUT2D eigenvalue weighted by Crippen LogP contribution is -2.47. The number of esters is 1. The van der Waals surface area contributed by atoms with Crippen molar-refractivity contribution in [3.8, 4) is 11.8 Å². The minimum atomic E-state index is -0.369. The molecule has 1 unspecified atom stereocenters. The van der Waals surface area contributed by atoms with Crippen molar-refractivity contribution in [1.29, 1.82) is 0 Å². The third kappa shape index (κ3) is 7.67. The van der Waals surface area contributed by atoms with Crippen molar-refractivity contribution in [2.75, 3.05) is 37.7 Å². The lowest BCUT2D eigenvalue weighted by molar-refractivity contribution is -0.145. The molecule has 8 nitrogen and oxygen atoms in total. The van der Waals surface area contributed by atoms with Crippen LogP contribution in [0.5, 0.6) is 0 Å². The Morgan fingerprint density at radius 3 is 2.48 bits per heavy atom. The molecule has 1 aliphatic rings. The minimum Gasteiger partial charge on any atom is -0.460 e. The van der Waals surface area contributed by atoms with Crippen LogP contribution < -0.4 is 10.6 Å². The number of ether oxygens (including phenoxy) is 1. The number of nitrogens with zero attached hydrogens (tertiary/aromatic N) is 2. The number of amides is 1. The van der Waals surface area contributed by atoms with Gasteiger partial charge in [0.15, 0.2) is 0 Å². The number of para-hydroxylation sites is 1. The number of piperazine rings is 1. The Morgan fingerprint density at radius 1 is 1.06 bits per heavy atom. The molecule has 2 aromatic rings. The predicted octanol–water partition coefficient (Wildman–Crippen LogP) is 2.23. The minimum absolute atomic E-state index is 0.0383. The van der Waals surface area contributed by atoms with Crippen LogP contribution in [0, 0.1) is 11.8 Å². The van der Waals surface area contributed by atoms with Gasteiger partial charge in [0.05, 0.1) is 0 Å². The Kier molecular flexibility index (Phi) is 9.36. The summed E-state index contributed by atoms with van der Waals surface area (Å²) >= 11 is 0. The quantitative estimate of drug-likeness (QED) is 0.323. The standard InChI is InChI=1S/C25H31N3O5/c26-24(30)10-4-5-11-25(31)32-19-21-12-13-23(33-21)22(9-6-18-29)28-16-14-27(15-17-28)20-7-2-1-3-8-20/h1-3,7-8,12-13,22,29H,4-5,10-11,14-19H2,(H2,26,30). The third-order valence-electron chi connectivity index (χ3n) is 5.50. The van der Waals surface area contributed by atoms with E-state index in [9.17, 15) is 14.7 Å². The molecule has 8 heteroatoms. The van der Waals surface area contributed by atoms with Gasteiger partial charge in [0.25, 0.3) is 0 Å². The highest BCUT2D eigenvalue weighted by molar-refractivity contribution is 5.73. The number of rotatable bonds is 10. The number of carbonyl (C=O) groups excluding carboxylic acids is 2. The van der Waals surface area contributed by atoms with Crippen LogP contribution in [-0.4, -0.2) is 54.7 Å². The van der Waals surface area contributed by atoms with Gasteiger partial charge in [-0.05, 0) is 37.1 Å². The molecule has 1 aromatic heterocycles. The molecule has 0 bridgehead atoms. The topological polar surface area (TPSA) is 109 Å². The maximum Gasteiger partial charge on any atom is 0.306 e. The summed E-state index contributed by atoms with van der Waals surface area (Å²) in [6.45, 7) is 3.15. The van der Waals surface area contributed by atoms with Crippen LogP contribution in [0.4, 0.5) is 5.69 Å². The summed E-state index contributed by atoms with van der Waals surface area (Å²) in [5.74, 6) is 6.34. The molecule has 1 fully saturated rings. The second-order valence-electron chi connectivity index (χ2n) is 7.88. The highest BCUT2D eigenvalue weighted by Crippen LogP contribution is 2.26. The van der Waals surface area contributed by atoms with E-state index in [4.69, 9.17) is 14.9 Å². The number of hydrogen-bond acceptors (Lipinski definition) is 7. The average Bonchev–Trinajstić information content (AvgIpc) is 3.30. The lowest BCUT2D eigenvalue weighted by Gasteiger charge is -2.38. The monoisotopic (exact) mass is 453 g/mol. The van der Waals surface area contributed by atoms with Crippen molar-refractivity contribution >= 4 is 17.6 Å². The number of hydrogen-bond donors (Lipinski definition) is 2. The zero-order valence-corrected chi connectivity index (χ0v) is 18.7. The van der Waals surface area contributed by atoms with E-state index in [-0.39, 0.29) is 44.0 Å². The maximum absolute atomic E-state index is 11.9. The summed E-state index contributed by atoms with van der Waals surface area (Å²) in [7, 11) is 0. The largest absolute Gasteiger partial charge is 0.460 e. The fraction of sp³-hybridized carbons (Fsp3) is 0.440. The molecule has 1 aliphatic heterocycles. The summed E-state index contributed by atoms with van der Waals surface area (Å²) in [4.78, 5) is 27.2. The van der Waals surface area contributed by atoms with Crippen molar-refractivity contribution in [2.24, 2.45) is 5.73 Å². The number of benzene rings is 1. The SMILES string of the molecule is NC(=O)CCCCC(=O)OCc1ccc(C(C#CCO)N2CCN(c3ccccc3)CC2)o1. The maximum atomic E-state index is 11.9. The van der Waals surface area contributed by atoms with Crippen LogP contribution in [0.25, 0.3) is 0 Å². The van der Waals surface area contributed by atoms with Gasteiger partial charge in [0.1, 0.15) is 30.8 Å². The number of unbranched alkanes of at least 4 members (excludes halogenated alkanes) is 1. The van der Waals surface area contributed by atoms with Crippen LogP contribution in [0.15, 0.2) is 46.9 Å². The van der Waals surface area contributed by atoms with Gasteiger partial charge in [0.2, 0.25) is 5.91 Å². The predicted molar refractivity (Wildman–Crippen MR) is 124 cm³/mol. The highest BCUT2D eigenvalue weighted by atomic mass is 16.5. The van der Waals surface area contributed by atoms with Gasteiger partial charge in [0, 0.05) is 44.7 Å². The van der Waals surface area contributed by atoms with Crippen molar-refractivity contribution in [3.05, 3.63) is 54.0 Å². The van der Waals surface area contributed by atoms with E-state index in [1.807, 2.05) is 24.3 Å². The Morgan fingerprint density at radius 2 is 1.79 bits per heavy atom. The van der Waals surface area contributed by atoms with Crippen molar-refractivity contribution in [2.45, 2.75) is 38.3 Å². The molecule has 1 amide bonds. The molecular formula is C25H31N3O5. The number of nitrogens with two attached hydrogens (primary N) is 1. The van der Waals surface area contributed by atoms with Crippen molar-refractivity contribution in [1.82, 2.24) is 4.90 Å². The van der Waals surface area contributed by atoms with E-state index in [1.54, 1.807) is 6.07 Å². The van der Waals surface area contributed by atoms with Crippen LogP contribution in [0.3, 0.4) is 0 Å². The van der Waals surface area contributed by atoms with E-state index >= 15 is 0 Å². The van der Waals surface area contributed by atoms with Crippen molar-refractivity contribution in [3.63, 3.8) is 0 Å². The molecule has 1 atom stereocenters. The number of primary amides is 1. The first-order valence-corrected chi connectivity index (χ1v) is 11.2. The highest BCUT2D eigenvalue weighted by Gasteiger charge is 2.26. The molecule has 0 radical (unpaired) electrons. The van der Waals surface area contributed by atoms with E-state index in [0.29, 0.717) is 24.4 Å².